The van der Waals surface area contributed by atoms with Crippen LogP contribution in [0.15, 0.2) is 24.4 Å². The van der Waals surface area contributed by atoms with E-state index in [-0.39, 0.29) is 6.42 Å². The highest BCUT2D eigenvalue weighted by Crippen LogP contribution is 2.14. The normalized spacial score (nSPS) is 10.8. The molecule has 5 heteroatoms. The highest BCUT2D eigenvalue weighted by atomic mass is 16.4. The van der Waals surface area contributed by atoms with E-state index in [4.69, 9.17) is 5.11 Å². The van der Waals surface area contributed by atoms with Crippen molar-refractivity contribution in [1.29, 1.82) is 0 Å². The highest BCUT2D eigenvalue weighted by molar-refractivity contribution is 5.66. The minimum atomic E-state index is -0.742. The van der Waals surface area contributed by atoms with Gasteiger partial charge in [0, 0.05) is 12.6 Å². The van der Waals surface area contributed by atoms with Crippen LogP contribution in [0.25, 0.3) is 0 Å². The third-order valence-electron chi connectivity index (χ3n) is 3.62. The van der Waals surface area contributed by atoms with Gasteiger partial charge in [-0.3, -0.25) is 4.79 Å². The fraction of sp³-hybridized carbons (Fsp3) is 0.438. The van der Waals surface area contributed by atoms with Crippen molar-refractivity contribution < 1.29 is 9.90 Å². The number of aliphatic carboxylic acids is 1. The van der Waals surface area contributed by atoms with Crippen LogP contribution in [0.4, 0.5) is 0 Å². The molecule has 0 bridgehead atoms. The first-order valence-corrected chi connectivity index (χ1v) is 7.22. The zero-order valence-corrected chi connectivity index (χ0v) is 12.5. The molecule has 1 heterocycles. The number of carboxylic acids is 1. The summed E-state index contributed by atoms with van der Waals surface area (Å²) in [6.07, 6.45) is 4.46. The van der Waals surface area contributed by atoms with Gasteiger partial charge in [-0.1, -0.05) is 23.4 Å². The number of carboxylic acid groups (broad SMARTS) is 1. The predicted molar refractivity (Wildman–Crippen MR) is 80.2 cm³/mol. The molecule has 1 aromatic heterocycles. The van der Waals surface area contributed by atoms with E-state index in [2.05, 4.69) is 42.4 Å². The zero-order chi connectivity index (χ0) is 15.2. The van der Waals surface area contributed by atoms with Gasteiger partial charge in [0.2, 0.25) is 0 Å². The van der Waals surface area contributed by atoms with Crippen molar-refractivity contribution >= 4 is 5.97 Å². The van der Waals surface area contributed by atoms with Gasteiger partial charge in [0.05, 0.1) is 12.2 Å². The second kappa shape index (κ2) is 7.02. The molecule has 0 aliphatic carbocycles. The van der Waals surface area contributed by atoms with Gasteiger partial charge in [0.25, 0.3) is 0 Å². The number of rotatable bonds is 7. The Bertz CT molecular complexity index is 599. The van der Waals surface area contributed by atoms with Crippen molar-refractivity contribution in [2.45, 2.75) is 46.1 Å². The minimum Gasteiger partial charge on any atom is -0.481 e. The van der Waals surface area contributed by atoms with Gasteiger partial charge < -0.3 is 5.11 Å². The summed E-state index contributed by atoms with van der Waals surface area (Å²) in [5.41, 5.74) is 4.72. The predicted octanol–water partition coefficient (Wildman–Crippen LogP) is 2.74. The van der Waals surface area contributed by atoms with E-state index in [1.807, 2.05) is 10.9 Å². The summed E-state index contributed by atoms with van der Waals surface area (Å²) in [6, 6.07) is 6.27. The fourth-order valence-electron chi connectivity index (χ4n) is 2.37. The quantitative estimate of drug-likeness (QED) is 0.795. The molecule has 112 valence electrons. The molecule has 0 saturated heterocycles. The van der Waals surface area contributed by atoms with Gasteiger partial charge >= 0.3 is 5.97 Å². The van der Waals surface area contributed by atoms with Crippen LogP contribution in [0, 0.1) is 13.8 Å². The Morgan fingerprint density at radius 2 is 1.95 bits per heavy atom. The smallest absolute Gasteiger partial charge is 0.303 e. The average molecular weight is 287 g/mol. The fourth-order valence-corrected chi connectivity index (χ4v) is 2.37. The van der Waals surface area contributed by atoms with Gasteiger partial charge in [0.15, 0.2) is 0 Å². The van der Waals surface area contributed by atoms with Crippen LogP contribution in [0.3, 0.4) is 0 Å². The second-order valence-electron chi connectivity index (χ2n) is 5.38. The van der Waals surface area contributed by atoms with Gasteiger partial charge in [-0.15, -0.1) is 5.10 Å². The molecule has 0 amide bonds. The average Bonchev–Trinajstić information content (AvgIpc) is 2.87. The molecule has 0 atom stereocenters. The number of aromatic nitrogens is 3. The van der Waals surface area contributed by atoms with Crippen LogP contribution in [-0.4, -0.2) is 26.1 Å². The number of unbranched alkanes of at least 4 members (excludes halogenated alkanes) is 1. The van der Waals surface area contributed by atoms with Crippen LogP contribution in [0.2, 0.25) is 0 Å². The molecule has 0 aliphatic rings. The number of benzene rings is 1. The molecule has 0 spiro atoms. The summed E-state index contributed by atoms with van der Waals surface area (Å²) in [4.78, 5) is 10.4. The molecular formula is C16H21N3O2. The van der Waals surface area contributed by atoms with Gasteiger partial charge in [-0.2, -0.15) is 0 Å². The Labute approximate surface area is 124 Å². The molecule has 0 unspecified atom stereocenters. The van der Waals surface area contributed by atoms with Crippen LogP contribution in [-0.2, 0) is 17.8 Å². The highest BCUT2D eigenvalue weighted by Gasteiger charge is 2.06. The first-order chi connectivity index (χ1) is 10.1. The van der Waals surface area contributed by atoms with E-state index >= 15 is 0 Å². The van der Waals surface area contributed by atoms with Crippen molar-refractivity contribution in [3.8, 4) is 0 Å². The van der Waals surface area contributed by atoms with E-state index < -0.39 is 5.97 Å². The maximum Gasteiger partial charge on any atom is 0.303 e. The minimum absolute atomic E-state index is 0.219. The topological polar surface area (TPSA) is 68.0 Å². The molecule has 21 heavy (non-hydrogen) atoms. The molecule has 1 N–H and O–H groups in total. The molecule has 0 saturated carbocycles. The molecule has 1 aromatic carbocycles. The van der Waals surface area contributed by atoms with Crippen molar-refractivity contribution in [2.75, 3.05) is 0 Å². The number of aryl methyl sites for hydroxylation is 3. The lowest BCUT2D eigenvalue weighted by atomic mass is 10.0. The molecule has 0 fully saturated rings. The summed E-state index contributed by atoms with van der Waals surface area (Å²) in [5.74, 6) is -0.742. The van der Waals surface area contributed by atoms with Gasteiger partial charge in [-0.05, 0) is 49.8 Å². The van der Waals surface area contributed by atoms with Crippen LogP contribution in [0.5, 0.6) is 0 Å². The largest absolute Gasteiger partial charge is 0.481 e. The first-order valence-electron chi connectivity index (χ1n) is 7.22. The summed E-state index contributed by atoms with van der Waals surface area (Å²) in [7, 11) is 0. The molecule has 0 aliphatic heterocycles. The third kappa shape index (κ3) is 4.41. The van der Waals surface area contributed by atoms with Crippen molar-refractivity contribution in [3.63, 3.8) is 0 Å². The Kier molecular flexibility index (Phi) is 5.09. The number of hydrogen-bond donors (Lipinski definition) is 1. The lowest BCUT2D eigenvalue weighted by molar-refractivity contribution is -0.137. The third-order valence-corrected chi connectivity index (χ3v) is 3.62. The van der Waals surface area contributed by atoms with Crippen LogP contribution >= 0.6 is 0 Å². The van der Waals surface area contributed by atoms with Crippen LogP contribution < -0.4 is 0 Å². The van der Waals surface area contributed by atoms with E-state index in [0.29, 0.717) is 6.42 Å². The lowest BCUT2D eigenvalue weighted by Crippen LogP contribution is -2.04. The van der Waals surface area contributed by atoms with Gasteiger partial charge in [0.1, 0.15) is 0 Å². The van der Waals surface area contributed by atoms with E-state index in [0.717, 1.165) is 25.1 Å². The van der Waals surface area contributed by atoms with E-state index in [9.17, 15) is 4.79 Å². The van der Waals surface area contributed by atoms with Crippen molar-refractivity contribution in [2.24, 2.45) is 0 Å². The standard InChI is InChI=1S/C16H21N3O2/c1-12-6-5-7-13(2)15(12)11-19-10-14(17-18-19)8-3-4-9-16(20)21/h5-7,10H,3-4,8-9,11H2,1-2H3,(H,20,21). The number of nitrogens with zero attached hydrogens (tertiary/aromatic N) is 3. The molecule has 0 radical (unpaired) electrons. The monoisotopic (exact) mass is 287 g/mol. The molecule has 2 aromatic rings. The molecule has 5 nitrogen and oxygen atoms in total. The van der Waals surface area contributed by atoms with Crippen molar-refractivity contribution in [1.82, 2.24) is 15.0 Å². The summed E-state index contributed by atoms with van der Waals surface area (Å²) in [6.45, 7) is 4.93. The Hall–Kier alpha value is -2.17. The maximum atomic E-state index is 10.4. The summed E-state index contributed by atoms with van der Waals surface area (Å²) in [5, 5.41) is 16.9. The number of hydrogen-bond acceptors (Lipinski definition) is 3. The first kappa shape index (κ1) is 15.2. The van der Waals surface area contributed by atoms with Gasteiger partial charge in [-0.25, -0.2) is 4.68 Å². The van der Waals surface area contributed by atoms with Crippen molar-refractivity contribution in [3.05, 3.63) is 46.8 Å². The zero-order valence-electron chi connectivity index (χ0n) is 12.5. The van der Waals surface area contributed by atoms with E-state index in [1.54, 1.807) is 0 Å². The Morgan fingerprint density at radius 3 is 2.62 bits per heavy atom. The molecular weight excluding hydrogens is 266 g/mol. The summed E-state index contributed by atoms with van der Waals surface area (Å²) < 4.78 is 1.85. The lowest BCUT2D eigenvalue weighted by Gasteiger charge is -2.08. The Morgan fingerprint density at radius 1 is 1.24 bits per heavy atom. The summed E-state index contributed by atoms with van der Waals surface area (Å²) >= 11 is 0. The SMILES string of the molecule is Cc1cccc(C)c1Cn1cc(CCCCC(=O)O)nn1. The van der Waals surface area contributed by atoms with E-state index in [1.165, 1.54) is 16.7 Å². The number of carbonyl (C=O) groups is 1. The second-order valence-corrected chi connectivity index (χ2v) is 5.38. The van der Waals surface area contributed by atoms with Crippen LogP contribution in [0.1, 0.15) is 41.6 Å². The molecule has 2 rings (SSSR count). The Balaban J connectivity index is 1.92. The maximum absolute atomic E-state index is 10.4.